The number of nitrogens with one attached hydrogen (secondary N) is 1. The average Bonchev–Trinajstić information content (AvgIpc) is 2.77. The predicted octanol–water partition coefficient (Wildman–Crippen LogP) is 4.42. The van der Waals surface area contributed by atoms with Crippen molar-refractivity contribution in [1.82, 2.24) is 15.3 Å². The monoisotopic (exact) mass is 412 g/mol. The molecule has 29 heavy (non-hydrogen) atoms. The summed E-state index contributed by atoms with van der Waals surface area (Å²) in [5.41, 5.74) is 3.44. The fourth-order valence-corrected chi connectivity index (χ4v) is 4.53. The first kappa shape index (κ1) is 20.1. The zero-order valence-electron chi connectivity index (χ0n) is 17.1. The van der Waals surface area contributed by atoms with Gasteiger partial charge in [-0.25, -0.2) is 9.97 Å². The van der Waals surface area contributed by atoms with Crippen molar-refractivity contribution < 1.29 is 4.79 Å². The Morgan fingerprint density at radius 1 is 1.21 bits per heavy atom. The van der Waals surface area contributed by atoms with E-state index in [0.29, 0.717) is 5.02 Å². The van der Waals surface area contributed by atoms with Crippen LogP contribution in [0.25, 0.3) is 11.4 Å². The van der Waals surface area contributed by atoms with Gasteiger partial charge in [-0.05, 0) is 57.1 Å². The van der Waals surface area contributed by atoms with E-state index >= 15 is 0 Å². The van der Waals surface area contributed by atoms with Crippen LogP contribution in [0.4, 0.5) is 5.82 Å². The van der Waals surface area contributed by atoms with Gasteiger partial charge in [-0.15, -0.1) is 0 Å². The van der Waals surface area contributed by atoms with E-state index in [1.165, 1.54) is 24.1 Å². The second-order valence-corrected chi connectivity index (χ2v) is 8.50. The summed E-state index contributed by atoms with van der Waals surface area (Å²) in [4.78, 5) is 24.6. The van der Waals surface area contributed by atoms with Crippen LogP contribution in [-0.4, -0.2) is 35.5 Å². The van der Waals surface area contributed by atoms with Gasteiger partial charge in [-0.2, -0.15) is 0 Å². The van der Waals surface area contributed by atoms with Crippen molar-refractivity contribution in [2.75, 3.05) is 24.5 Å². The Kier molecular flexibility index (Phi) is 6.34. The van der Waals surface area contributed by atoms with Crippen LogP contribution in [0.1, 0.15) is 50.3 Å². The number of fused-ring (bicyclic) bond motifs is 1. The lowest BCUT2D eigenvalue weighted by Gasteiger charge is -2.34. The van der Waals surface area contributed by atoms with Crippen molar-refractivity contribution in [2.45, 2.75) is 51.9 Å². The van der Waals surface area contributed by atoms with Crippen LogP contribution in [0.5, 0.6) is 0 Å². The maximum absolute atomic E-state index is 12.3. The van der Waals surface area contributed by atoms with Gasteiger partial charge < -0.3 is 10.2 Å². The molecule has 4 rings (SSSR count). The average molecular weight is 413 g/mol. The number of anilines is 1. The van der Waals surface area contributed by atoms with E-state index in [9.17, 15) is 4.79 Å². The van der Waals surface area contributed by atoms with Crippen molar-refractivity contribution >= 4 is 23.3 Å². The van der Waals surface area contributed by atoms with Gasteiger partial charge in [0.2, 0.25) is 5.91 Å². The van der Waals surface area contributed by atoms with E-state index in [2.05, 4.69) is 17.1 Å². The summed E-state index contributed by atoms with van der Waals surface area (Å²) in [6.07, 6.45) is 7.14. The highest BCUT2D eigenvalue weighted by atomic mass is 35.5. The van der Waals surface area contributed by atoms with Gasteiger partial charge in [0.25, 0.3) is 0 Å². The Labute approximate surface area is 177 Å². The molecule has 1 aliphatic heterocycles. The van der Waals surface area contributed by atoms with E-state index in [0.717, 1.165) is 68.9 Å². The number of hydrogen-bond acceptors (Lipinski definition) is 4. The Morgan fingerprint density at radius 3 is 2.76 bits per heavy atom. The highest BCUT2D eigenvalue weighted by Crippen LogP contribution is 2.33. The predicted molar refractivity (Wildman–Crippen MR) is 117 cm³/mol. The van der Waals surface area contributed by atoms with Crippen LogP contribution >= 0.6 is 11.6 Å². The van der Waals surface area contributed by atoms with Crippen LogP contribution in [0.15, 0.2) is 24.3 Å². The summed E-state index contributed by atoms with van der Waals surface area (Å²) in [6.45, 7) is 4.57. The molecule has 5 nitrogen and oxygen atoms in total. The molecule has 0 atom stereocenters. The van der Waals surface area contributed by atoms with Gasteiger partial charge in [-0.3, -0.25) is 4.79 Å². The molecule has 2 heterocycles. The van der Waals surface area contributed by atoms with Crippen LogP contribution < -0.4 is 10.2 Å². The first-order valence-corrected chi connectivity index (χ1v) is 11.2. The molecule has 1 fully saturated rings. The van der Waals surface area contributed by atoms with Gasteiger partial charge in [0.1, 0.15) is 5.82 Å². The molecule has 1 aromatic heterocycles. The van der Waals surface area contributed by atoms with Crippen LogP contribution in [-0.2, 0) is 17.6 Å². The number of aromatic nitrogens is 2. The molecule has 0 saturated carbocycles. The Balaban J connectivity index is 1.58. The summed E-state index contributed by atoms with van der Waals surface area (Å²) < 4.78 is 0. The summed E-state index contributed by atoms with van der Waals surface area (Å²) >= 11 is 6.20. The lowest BCUT2D eigenvalue weighted by molar-refractivity contribution is -0.125. The third-order valence-electron chi connectivity index (χ3n) is 5.96. The fourth-order valence-electron chi connectivity index (χ4n) is 4.34. The Morgan fingerprint density at radius 2 is 2.00 bits per heavy atom. The van der Waals surface area contributed by atoms with Crippen molar-refractivity contribution in [3.63, 3.8) is 0 Å². The number of carbonyl (C=O) groups excluding carboxylic acids is 1. The summed E-state index contributed by atoms with van der Waals surface area (Å²) in [6, 6.07) is 7.77. The largest absolute Gasteiger partial charge is 0.356 e. The van der Waals surface area contributed by atoms with E-state index in [-0.39, 0.29) is 11.8 Å². The van der Waals surface area contributed by atoms with Gasteiger partial charge >= 0.3 is 0 Å². The number of benzene rings is 1. The standard InChI is InChI=1S/C23H29ClN4O/c1-2-12-25-23(29)16-10-13-28(14-11-16)22-19-8-3-4-9-20(19)26-21(27-22)17-6-5-7-18(24)15-17/h5-7,15-16H,2-4,8-14H2,1H3,(H,25,29). The van der Waals surface area contributed by atoms with Gasteiger partial charge in [0.05, 0.1) is 0 Å². The number of amides is 1. The second kappa shape index (κ2) is 9.12. The number of rotatable bonds is 5. The summed E-state index contributed by atoms with van der Waals surface area (Å²) in [5, 5.41) is 3.75. The maximum atomic E-state index is 12.3. The fraction of sp³-hybridized carbons (Fsp3) is 0.522. The van der Waals surface area contributed by atoms with Gasteiger partial charge in [0, 0.05) is 47.4 Å². The minimum absolute atomic E-state index is 0.114. The molecule has 2 aliphatic rings. The number of carbonyl (C=O) groups is 1. The third-order valence-corrected chi connectivity index (χ3v) is 6.19. The van der Waals surface area contributed by atoms with Crippen molar-refractivity contribution in [3.05, 3.63) is 40.5 Å². The second-order valence-electron chi connectivity index (χ2n) is 8.07. The quantitative estimate of drug-likeness (QED) is 0.789. The molecule has 154 valence electrons. The van der Waals surface area contributed by atoms with Gasteiger partial charge in [0.15, 0.2) is 5.82 Å². The highest BCUT2D eigenvalue weighted by molar-refractivity contribution is 6.30. The van der Waals surface area contributed by atoms with E-state index in [1.807, 2.05) is 24.3 Å². The number of piperidine rings is 1. The van der Waals surface area contributed by atoms with Gasteiger partial charge in [-0.1, -0.05) is 30.7 Å². The highest BCUT2D eigenvalue weighted by Gasteiger charge is 2.28. The SMILES string of the molecule is CCCNC(=O)C1CCN(c2nc(-c3cccc(Cl)c3)nc3c2CCCC3)CC1. The molecular weight excluding hydrogens is 384 g/mol. The number of aryl methyl sites for hydroxylation is 1. The minimum atomic E-state index is 0.114. The third kappa shape index (κ3) is 4.55. The Bertz CT molecular complexity index is 877. The Hall–Kier alpha value is -2.14. The van der Waals surface area contributed by atoms with E-state index in [4.69, 9.17) is 21.6 Å². The molecule has 2 aromatic rings. The molecule has 1 N–H and O–H groups in total. The molecular formula is C23H29ClN4O. The number of nitrogens with zero attached hydrogens (tertiary/aromatic N) is 3. The van der Waals surface area contributed by atoms with Crippen LogP contribution in [0.2, 0.25) is 5.02 Å². The smallest absolute Gasteiger partial charge is 0.223 e. The number of hydrogen-bond donors (Lipinski definition) is 1. The molecule has 6 heteroatoms. The topological polar surface area (TPSA) is 58.1 Å². The van der Waals surface area contributed by atoms with Crippen LogP contribution in [0.3, 0.4) is 0 Å². The van der Waals surface area contributed by atoms with Crippen molar-refractivity contribution in [2.24, 2.45) is 5.92 Å². The molecule has 1 saturated heterocycles. The zero-order valence-corrected chi connectivity index (χ0v) is 17.8. The molecule has 0 radical (unpaired) electrons. The zero-order chi connectivity index (χ0) is 20.2. The molecule has 1 aromatic carbocycles. The molecule has 0 spiro atoms. The summed E-state index contributed by atoms with van der Waals surface area (Å²) in [7, 11) is 0. The molecule has 0 unspecified atom stereocenters. The normalized spacial score (nSPS) is 17.1. The lowest BCUT2D eigenvalue weighted by Crippen LogP contribution is -2.41. The first-order chi connectivity index (χ1) is 14.2. The lowest BCUT2D eigenvalue weighted by atomic mass is 9.93. The first-order valence-electron chi connectivity index (χ1n) is 10.8. The summed E-state index contributed by atoms with van der Waals surface area (Å²) in [5.74, 6) is 2.14. The molecule has 0 bridgehead atoms. The minimum Gasteiger partial charge on any atom is -0.356 e. The molecule has 1 aliphatic carbocycles. The van der Waals surface area contributed by atoms with Crippen LogP contribution in [0, 0.1) is 5.92 Å². The maximum Gasteiger partial charge on any atom is 0.223 e. The number of halogens is 1. The molecule has 1 amide bonds. The van der Waals surface area contributed by atoms with E-state index < -0.39 is 0 Å². The van der Waals surface area contributed by atoms with E-state index in [1.54, 1.807) is 0 Å². The van der Waals surface area contributed by atoms with Crippen molar-refractivity contribution in [1.29, 1.82) is 0 Å². The van der Waals surface area contributed by atoms with Crippen molar-refractivity contribution in [3.8, 4) is 11.4 Å².